The van der Waals surface area contributed by atoms with Crippen molar-refractivity contribution in [3.05, 3.63) is 49.1 Å². The highest BCUT2D eigenvalue weighted by atomic mass is 15.5. The predicted octanol–water partition coefficient (Wildman–Crippen LogP) is 1.04. The van der Waals surface area contributed by atoms with Gasteiger partial charge in [-0.3, -0.25) is 0 Å². The highest BCUT2D eigenvalue weighted by Crippen LogP contribution is 2.17. The molecular weight excluding hydrogens is 216 g/mol. The van der Waals surface area contributed by atoms with Gasteiger partial charge in [-0.1, -0.05) is 0 Å². The van der Waals surface area contributed by atoms with E-state index in [0.29, 0.717) is 5.69 Å². The lowest BCUT2D eigenvalue weighted by Crippen LogP contribution is -2.03. The molecule has 6 nitrogen and oxygen atoms in total. The van der Waals surface area contributed by atoms with Crippen LogP contribution in [0.1, 0.15) is 0 Å². The van der Waals surface area contributed by atoms with Crippen molar-refractivity contribution in [2.75, 3.05) is 5.73 Å². The van der Waals surface area contributed by atoms with Gasteiger partial charge < -0.3 is 5.73 Å². The summed E-state index contributed by atoms with van der Waals surface area (Å²) in [6.45, 7) is 0. The summed E-state index contributed by atoms with van der Waals surface area (Å²) >= 11 is 0. The highest BCUT2D eigenvalue weighted by molar-refractivity contribution is 5.55. The number of nitrogens with zero attached hydrogens (tertiary/aromatic N) is 5. The number of anilines is 1. The Labute approximate surface area is 97.3 Å². The molecule has 0 radical (unpaired) electrons. The van der Waals surface area contributed by atoms with E-state index >= 15 is 0 Å². The van der Waals surface area contributed by atoms with Crippen molar-refractivity contribution >= 4 is 5.69 Å². The van der Waals surface area contributed by atoms with Gasteiger partial charge in [0, 0.05) is 18.1 Å². The van der Waals surface area contributed by atoms with Gasteiger partial charge in [-0.25, -0.2) is 4.68 Å². The normalized spacial score (nSPS) is 10.6. The SMILES string of the molecule is Nc1cc(-n2cccn2)cc(-n2nccn2)c1. The van der Waals surface area contributed by atoms with Crippen LogP contribution in [0.15, 0.2) is 49.1 Å². The average Bonchev–Trinajstić information content (AvgIpc) is 3.02. The zero-order chi connectivity index (χ0) is 11.7. The molecule has 3 rings (SSSR count). The van der Waals surface area contributed by atoms with Crippen molar-refractivity contribution < 1.29 is 0 Å². The first kappa shape index (κ1) is 9.59. The van der Waals surface area contributed by atoms with Crippen LogP contribution in [0.3, 0.4) is 0 Å². The lowest BCUT2D eigenvalue weighted by molar-refractivity contribution is 0.749. The van der Waals surface area contributed by atoms with E-state index < -0.39 is 0 Å². The zero-order valence-electron chi connectivity index (χ0n) is 8.93. The van der Waals surface area contributed by atoms with Crippen LogP contribution in [0, 0.1) is 0 Å². The Balaban J connectivity index is 2.13. The van der Waals surface area contributed by atoms with E-state index in [-0.39, 0.29) is 0 Å². The fraction of sp³-hybridized carbons (Fsp3) is 0. The minimum absolute atomic E-state index is 0.644. The van der Waals surface area contributed by atoms with Crippen molar-refractivity contribution in [2.24, 2.45) is 0 Å². The number of hydrogen-bond donors (Lipinski definition) is 1. The summed E-state index contributed by atoms with van der Waals surface area (Å²) < 4.78 is 1.74. The quantitative estimate of drug-likeness (QED) is 0.662. The van der Waals surface area contributed by atoms with Gasteiger partial charge in [0.25, 0.3) is 0 Å². The first-order chi connectivity index (χ1) is 8.33. The molecule has 0 aliphatic rings. The van der Waals surface area contributed by atoms with E-state index in [1.54, 1.807) is 23.3 Å². The number of nitrogens with two attached hydrogens (primary N) is 1. The van der Waals surface area contributed by atoms with Crippen LogP contribution in [0.2, 0.25) is 0 Å². The summed E-state index contributed by atoms with van der Waals surface area (Å²) in [7, 11) is 0. The Kier molecular flexibility index (Phi) is 2.11. The first-order valence-electron chi connectivity index (χ1n) is 5.10. The molecule has 2 heterocycles. The summed E-state index contributed by atoms with van der Waals surface area (Å²) in [4.78, 5) is 1.52. The van der Waals surface area contributed by atoms with Gasteiger partial charge >= 0.3 is 0 Å². The van der Waals surface area contributed by atoms with Gasteiger partial charge in [0.15, 0.2) is 0 Å². The third-order valence-corrected chi connectivity index (χ3v) is 2.34. The summed E-state index contributed by atoms with van der Waals surface area (Å²) in [6.07, 6.45) is 6.82. The van der Waals surface area contributed by atoms with E-state index in [2.05, 4.69) is 15.3 Å². The minimum atomic E-state index is 0.644. The largest absolute Gasteiger partial charge is 0.399 e. The molecule has 0 aliphatic carbocycles. The summed E-state index contributed by atoms with van der Waals surface area (Å²) in [5.41, 5.74) is 8.19. The van der Waals surface area contributed by atoms with E-state index in [9.17, 15) is 0 Å². The fourth-order valence-electron chi connectivity index (χ4n) is 1.64. The maximum Gasteiger partial charge on any atom is 0.0898 e. The molecule has 0 amide bonds. The molecule has 0 bridgehead atoms. The van der Waals surface area contributed by atoms with Crippen LogP contribution in [-0.2, 0) is 0 Å². The molecule has 3 aromatic rings. The standard InChI is InChI=1S/C11H10N6/c12-9-6-10(16-5-1-2-13-16)8-11(7-9)17-14-3-4-15-17/h1-8H,12H2. The van der Waals surface area contributed by atoms with E-state index in [1.165, 1.54) is 4.80 Å². The van der Waals surface area contributed by atoms with E-state index in [0.717, 1.165) is 11.4 Å². The third kappa shape index (κ3) is 1.76. The Bertz CT molecular complexity index is 559. The average molecular weight is 226 g/mol. The van der Waals surface area contributed by atoms with Crippen molar-refractivity contribution in [2.45, 2.75) is 0 Å². The fourth-order valence-corrected chi connectivity index (χ4v) is 1.64. The lowest BCUT2D eigenvalue weighted by Gasteiger charge is -2.06. The van der Waals surface area contributed by atoms with Crippen LogP contribution < -0.4 is 5.73 Å². The molecule has 0 saturated heterocycles. The Morgan fingerprint density at radius 3 is 2.35 bits per heavy atom. The zero-order valence-corrected chi connectivity index (χ0v) is 8.93. The minimum Gasteiger partial charge on any atom is -0.399 e. The molecule has 84 valence electrons. The molecule has 6 heteroatoms. The van der Waals surface area contributed by atoms with Crippen LogP contribution in [0.4, 0.5) is 5.69 Å². The molecule has 17 heavy (non-hydrogen) atoms. The van der Waals surface area contributed by atoms with Gasteiger partial charge in [0.05, 0.1) is 23.8 Å². The second-order valence-corrected chi connectivity index (χ2v) is 3.55. The molecule has 2 aromatic heterocycles. The summed E-state index contributed by atoms with van der Waals surface area (Å²) in [5, 5.41) is 12.3. The van der Waals surface area contributed by atoms with Gasteiger partial charge in [0.1, 0.15) is 0 Å². The molecule has 2 N–H and O–H groups in total. The molecule has 0 aliphatic heterocycles. The molecule has 1 aromatic carbocycles. The van der Waals surface area contributed by atoms with E-state index in [1.807, 2.05) is 30.5 Å². The number of rotatable bonds is 2. The van der Waals surface area contributed by atoms with Crippen molar-refractivity contribution in [3.8, 4) is 11.4 Å². The maximum atomic E-state index is 5.86. The third-order valence-electron chi connectivity index (χ3n) is 2.34. The molecule has 0 fully saturated rings. The Hall–Kier alpha value is -2.63. The summed E-state index contributed by atoms with van der Waals surface area (Å²) in [5.74, 6) is 0. The van der Waals surface area contributed by atoms with Crippen molar-refractivity contribution in [1.29, 1.82) is 0 Å². The molecule has 0 atom stereocenters. The number of nitrogen functional groups attached to an aromatic ring is 1. The Morgan fingerprint density at radius 1 is 0.882 bits per heavy atom. The molecule has 0 unspecified atom stereocenters. The van der Waals surface area contributed by atoms with Gasteiger partial charge in [-0.2, -0.15) is 20.1 Å². The van der Waals surface area contributed by atoms with Gasteiger partial charge in [-0.05, 0) is 24.3 Å². The number of aromatic nitrogens is 5. The second-order valence-electron chi connectivity index (χ2n) is 3.55. The first-order valence-corrected chi connectivity index (χ1v) is 5.10. The van der Waals surface area contributed by atoms with Crippen molar-refractivity contribution in [3.63, 3.8) is 0 Å². The maximum absolute atomic E-state index is 5.86. The lowest BCUT2D eigenvalue weighted by atomic mass is 10.2. The van der Waals surface area contributed by atoms with E-state index in [4.69, 9.17) is 5.73 Å². The second kappa shape index (κ2) is 3.75. The monoisotopic (exact) mass is 226 g/mol. The van der Waals surface area contributed by atoms with Crippen LogP contribution in [0.5, 0.6) is 0 Å². The number of hydrogen-bond acceptors (Lipinski definition) is 4. The van der Waals surface area contributed by atoms with Gasteiger partial charge in [0.2, 0.25) is 0 Å². The predicted molar refractivity (Wildman–Crippen MR) is 62.9 cm³/mol. The smallest absolute Gasteiger partial charge is 0.0898 e. The Morgan fingerprint density at radius 2 is 1.65 bits per heavy atom. The molecule has 0 spiro atoms. The molecule has 0 saturated carbocycles. The van der Waals surface area contributed by atoms with Crippen LogP contribution >= 0.6 is 0 Å². The molecular formula is C11H10N6. The highest BCUT2D eigenvalue weighted by Gasteiger charge is 2.04. The van der Waals surface area contributed by atoms with Crippen LogP contribution in [-0.4, -0.2) is 24.8 Å². The van der Waals surface area contributed by atoms with Crippen molar-refractivity contribution in [1.82, 2.24) is 24.8 Å². The summed E-state index contributed by atoms with van der Waals surface area (Å²) in [6, 6.07) is 7.44. The topological polar surface area (TPSA) is 74.6 Å². The van der Waals surface area contributed by atoms with Gasteiger partial charge in [-0.15, -0.1) is 0 Å². The number of benzene rings is 1. The van der Waals surface area contributed by atoms with Crippen LogP contribution in [0.25, 0.3) is 11.4 Å².